The van der Waals surface area contributed by atoms with E-state index >= 15 is 0 Å². The molecule has 1 saturated heterocycles. The van der Waals surface area contributed by atoms with Gasteiger partial charge in [-0.05, 0) is 31.3 Å². The Morgan fingerprint density at radius 2 is 2.28 bits per heavy atom. The highest BCUT2D eigenvalue weighted by molar-refractivity contribution is 7.11. The first kappa shape index (κ1) is 13.1. The zero-order valence-electron chi connectivity index (χ0n) is 10.3. The number of hydrogen-bond donors (Lipinski definition) is 2. The van der Waals surface area contributed by atoms with E-state index in [4.69, 9.17) is 10.5 Å². The van der Waals surface area contributed by atoms with Crippen LogP contribution < -0.4 is 10.6 Å². The summed E-state index contributed by atoms with van der Waals surface area (Å²) in [5, 5.41) is 10.2. The standard InChI is InChI=1S/C11H17N3O3S/c1-2-17-11(16)8-9(12)13-18-10(8)14-5-3-7(15)4-6-14/h7,15H,2-6H2,1H3,(H2,12,13). The molecule has 2 rings (SSSR count). The lowest BCUT2D eigenvalue weighted by Crippen LogP contribution is -2.36. The first-order valence-electron chi connectivity index (χ1n) is 5.98. The number of carbonyl (C=O) groups is 1. The molecule has 0 unspecified atom stereocenters. The van der Waals surface area contributed by atoms with Crippen molar-refractivity contribution < 1.29 is 14.6 Å². The molecule has 1 aromatic rings. The number of nitrogens with zero attached hydrogens (tertiary/aromatic N) is 2. The largest absolute Gasteiger partial charge is 0.462 e. The number of nitrogen functional groups attached to an aromatic ring is 1. The Morgan fingerprint density at radius 3 is 2.89 bits per heavy atom. The van der Waals surface area contributed by atoms with Crippen LogP contribution in [0.1, 0.15) is 30.1 Å². The second-order valence-electron chi connectivity index (χ2n) is 4.19. The van der Waals surface area contributed by atoms with E-state index in [0.717, 1.165) is 5.00 Å². The molecule has 0 radical (unpaired) electrons. The number of rotatable bonds is 3. The first-order chi connectivity index (χ1) is 8.63. The minimum absolute atomic E-state index is 0.222. The van der Waals surface area contributed by atoms with Gasteiger partial charge in [0.2, 0.25) is 0 Å². The summed E-state index contributed by atoms with van der Waals surface area (Å²) in [5.41, 5.74) is 6.09. The molecule has 1 aromatic heterocycles. The lowest BCUT2D eigenvalue weighted by Gasteiger charge is -2.30. The fourth-order valence-corrected chi connectivity index (χ4v) is 2.83. The van der Waals surface area contributed by atoms with Crippen LogP contribution in [0.5, 0.6) is 0 Å². The number of ether oxygens (including phenoxy) is 1. The molecule has 7 heteroatoms. The minimum atomic E-state index is -0.426. The van der Waals surface area contributed by atoms with E-state index in [9.17, 15) is 9.90 Å². The number of anilines is 2. The van der Waals surface area contributed by atoms with Gasteiger partial charge in [0.15, 0.2) is 5.82 Å². The van der Waals surface area contributed by atoms with Crippen LogP contribution in [0.15, 0.2) is 0 Å². The fraction of sp³-hybridized carbons (Fsp3) is 0.636. The van der Waals surface area contributed by atoms with Crippen LogP contribution in [0.4, 0.5) is 10.8 Å². The van der Waals surface area contributed by atoms with Crippen LogP contribution >= 0.6 is 11.5 Å². The predicted molar refractivity (Wildman–Crippen MR) is 69.9 cm³/mol. The molecule has 0 atom stereocenters. The molecule has 2 heterocycles. The average molecular weight is 271 g/mol. The Labute approximate surface area is 110 Å². The van der Waals surface area contributed by atoms with Crippen molar-refractivity contribution >= 4 is 28.3 Å². The Hall–Kier alpha value is -1.34. The van der Waals surface area contributed by atoms with Gasteiger partial charge in [0, 0.05) is 13.1 Å². The van der Waals surface area contributed by atoms with Gasteiger partial charge in [0.05, 0.1) is 12.7 Å². The monoisotopic (exact) mass is 271 g/mol. The number of aliphatic hydroxyl groups excluding tert-OH is 1. The summed E-state index contributed by atoms with van der Waals surface area (Å²) in [5.74, 6) is -0.204. The molecule has 0 aromatic carbocycles. The third-order valence-electron chi connectivity index (χ3n) is 2.93. The van der Waals surface area contributed by atoms with Gasteiger partial charge in [-0.3, -0.25) is 0 Å². The highest BCUT2D eigenvalue weighted by Crippen LogP contribution is 2.33. The summed E-state index contributed by atoms with van der Waals surface area (Å²) < 4.78 is 9.02. The van der Waals surface area contributed by atoms with Crippen molar-refractivity contribution in [3.05, 3.63) is 5.56 Å². The van der Waals surface area contributed by atoms with E-state index in [-0.39, 0.29) is 11.9 Å². The van der Waals surface area contributed by atoms with Gasteiger partial charge in [-0.25, -0.2) is 4.79 Å². The van der Waals surface area contributed by atoms with Crippen molar-refractivity contribution in [1.29, 1.82) is 0 Å². The molecule has 0 saturated carbocycles. The van der Waals surface area contributed by atoms with Gasteiger partial charge >= 0.3 is 5.97 Å². The van der Waals surface area contributed by atoms with Crippen LogP contribution in [0.3, 0.4) is 0 Å². The van der Waals surface area contributed by atoms with Gasteiger partial charge in [0.1, 0.15) is 10.6 Å². The van der Waals surface area contributed by atoms with E-state index in [0.29, 0.717) is 38.1 Å². The maximum atomic E-state index is 11.8. The van der Waals surface area contributed by atoms with Crippen molar-refractivity contribution in [1.82, 2.24) is 4.37 Å². The Balaban J connectivity index is 2.20. The Bertz CT molecular complexity index is 427. The number of aliphatic hydroxyl groups is 1. The lowest BCUT2D eigenvalue weighted by atomic mass is 10.1. The molecule has 1 fully saturated rings. The third kappa shape index (κ3) is 2.56. The average Bonchev–Trinajstić information content (AvgIpc) is 2.72. The topological polar surface area (TPSA) is 88.7 Å². The molecule has 18 heavy (non-hydrogen) atoms. The van der Waals surface area contributed by atoms with E-state index < -0.39 is 5.97 Å². The Morgan fingerprint density at radius 1 is 1.61 bits per heavy atom. The van der Waals surface area contributed by atoms with Gasteiger partial charge < -0.3 is 20.5 Å². The van der Waals surface area contributed by atoms with Crippen molar-refractivity contribution in [3.63, 3.8) is 0 Å². The maximum Gasteiger partial charge on any atom is 0.345 e. The molecular weight excluding hydrogens is 254 g/mol. The molecule has 0 amide bonds. The molecule has 100 valence electrons. The molecular formula is C11H17N3O3S. The van der Waals surface area contributed by atoms with Gasteiger partial charge in [0.25, 0.3) is 0 Å². The van der Waals surface area contributed by atoms with Crippen LogP contribution in [-0.2, 0) is 4.74 Å². The van der Waals surface area contributed by atoms with Crippen LogP contribution in [0, 0.1) is 0 Å². The van der Waals surface area contributed by atoms with Crippen molar-refractivity contribution in [2.45, 2.75) is 25.9 Å². The second kappa shape index (κ2) is 5.53. The summed E-state index contributed by atoms with van der Waals surface area (Å²) in [6, 6.07) is 0. The maximum absolute atomic E-state index is 11.8. The number of piperidine rings is 1. The van der Waals surface area contributed by atoms with E-state index in [1.54, 1.807) is 6.92 Å². The fourth-order valence-electron chi connectivity index (χ4n) is 1.97. The third-order valence-corrected chi connectivity index (χ3v) is 3.85. The summed E-state index contributed by atoms with van der Waals surface area (Å²) in [6.07, 6.45) is 1.14. The summed E-state index contributed by atoms with van der Waals surface area (Å²) in [7, 11) is 0. The molecule has 1 aliphatic heterocycles. The van der Waals surface area contributed by atoms with Gasteiger partial charge in [-0.15, -0.1) is 0 Å². The first-order valence-corrected chi connectivity index (χ1v) is 6.76. The Kier molecular flexibility index (Phi) is 4.03. The zero-order chi connectivity index (χ0) is 13.1. The minimum Gasteiger partial charge on any atom is -0.462 e. The van der Waals surface area contributed by atoms with Crippen LogP contribution in [-0.4, -0.2) is 41.2 Å². The van der Waals surface area contributed by atoms with Crippen molar-refractivity contribution in [3.8, 4) is 0 Å². The quantitative estimate of drug-likeness (QED) is 0.793. The number of nitrogens with two attached hydrogens (primary N) is 1. The van der Waals surface area contributed by atoms with Crippen LogP contribution in [0.2, 0.25) is 0 Å². The summed E-state index contributed by atoms with van der Waals surface area (Å²) >= 11 is 1.21. The number of esters is 1. The molecule has 3 N–H and O–H groups in total. The normalized spacial score (nSPS) is 16.9. The van der Waals surface area contributed by atoms with E-state index in [2.05, 4.69) is 4.37 Å². The van der Waals surface area contributed by atoms with Gasteiger partial charge in [-0.2, -0.15) is 4.37 Å². The smallest absolute Gasteiger partial charge is 0.345 e. The predicted octanol–water partition coefficient (Wildman–Crippen LogP) is 0.863. The number of aromatic nitrogens is 1. The molecule has 6 nitrogen and oxygen atoms in total. The molecule has 1 aliphatic rings. The number of carbonyl (C=O) groups excluding carboxylic acids is 1. The summed E-state index contributed by atoms with van der Waals surface area (Å²) in [4.78, 5) is 13.9. The zero-order valence-corrected chi connectivity index (χ0v) is 11.1. The van der Waals surface area contributed by atoms with E-state index in [1.165, 1.54) is 11.5 Å². The van der Waals surface area contributed by atoms with Gasteiger partial charge in [-0.1, -0.05) is 0 Å². The number of hydrogen-bond acceptors (Lipinski definition) is 7. The molecule has 0 spiro atoms. The SMILES string of the molecule is CCOC(=O)c1c(N)nsc1N1CCC(O)CC1. The second-order valence-corrected chi connectivity index (χ2v) is 4.94. The van der Waals surface area contributed by atoms with Crippen LogP contribution in [0.25, 0.3) is 0 Å². The molecule has 0 aliphatic carbocycles. The molecule has 0 bridgehead atoms. The highest BCUT2D eigenvalue weighted by atomic mass is 32.1. The van der Waals surface area contributed by atoms with Crippen molar-refractivity contribution in [2.75, 3.05) is 30.3 Å². The lowest BCUT2D eigenvalue weighted by molar-refractivity contribution is 0.0528. The summed E-state index contributed by atoms with van der Waals surface area (Å²) in [6.45, 7) is 3.47. The van der Waals surface area contributed by atoms with Crippen molar-refractivity contribution in [2.24, 2.45) is 0 Å². The highest BCUT2D eigenvalue weighted by Gasteiger charge is 2.27. The van der Waals surface area contributed by atoms with E-state index in [1.807, 2.05) is 4.90 Å².